The van der Waals surface area contributed by atoms with Crippen LogP contribution >= 0.6 is 12.2 Å². The number of halogens is 1. The first-order chi connectivity index (χ1) is 11.0. The Morgan fingerprint density at radius 2 is 1.74 bits per heavy atom. The van der Waals surface area contributed by atoms with Crippen LogP contribution in [0.1, 0.15) is 12.5 Å². The summed E-state index contributed by atoms with van der Waals surface area (Å²) in [4.78, 5) is 12.9. The van der Waals surface area contributed by atoms with Crippen LogP contribution in [0.25, 0.3) is 0 Å². The van der Waals surface area contributed by atoms with Crippen LogP contribution in [0.2, 0.25) is 0 Å². The number of benzene rings is 2. The van der Waals surface area contributed by atoms with Crippen LogP contribution in [0, 0.1) is 5.82 Å². The highest BCUT2D eigenvalue weighted by atomic mass is 32.1. The maximum Gasteiger partial charge on any atom is 0.223 e. The summed E-state index contributed by atoms with van der Waals surface area (Å²) in [6, 6.07) is 13.6. The van der Waals surface area contributed by atoms with Gasteiger partial charge in [-0.1, -0.05) is 12.1 Å². The summed E-state index contributed by atoms with van der Waals surface area (Å²) >= 11 is 5.23. The Morgan fingerprint density at radius 1 is 1.13 bits per heavy atom. The minimum Gasteiger partial charge on any atom is -0.358 e. The van der Waals surface area contributed by atoms with Crippen LogP contribution in [-0.2, 0) is 11.3 Å². The average molecular weight is 331 g/mol. The fraction of sp³-hybridized carbons (Fsp3) is 0.176. The average Bonchev–Trinajstić information content (AvgIpc) is 2.54. The Labute approximate surface area is 140 Å². The smallest absolute Gasteiger partial charge is 0.223 e. The number of carbonyl (C=O) groups excluding carboxylic acids is 1. The largest absolute Gasteiger partial charge is 0.358 e. The van der Waals surface area contributed by atoms with Crippen LogP contribution in [0.15, 0.2) is 48.5 Å². The van der Waals surface area contributed by atoms with Crippen molar-refractivity contribution in [1.29, 1.82) is 0 Å². The van der Waals surface area contributed by atoms with Crippen molar-refractivity contribution in [2.24, 2.45) is 0 Å². The monoisotopic (exact) mass is 331 g/mol. The fourth-order valence-electron chi connectivity index (χ4n) is 1.91. The van der Waals surface area contributed by atoms with Crippen molar-refractivity contribution in [3.8, 4) is 0 Å². The molecule has 0 heterocycles. The molecule has 0 atom stereocenters. The second kappa shape index (κ2) is 7.69. The van der Waals surface area contributed by atoms with E-state index in [-0.39, 0.29) is 11.7 Å². The lowest BCUT2D eigenvalue weighted by molar-refractivity contribution is -0.116. The zero-order valence-corrected chi connectivity index (χ0v) is 13.8. The van der Waals surface area contributed by atoms with Crippen LogP contribution in [0.4, 0.5) is 15.8 Å². The highest BCUT2D eigenvalue weighted by Gasteiger charge is 2.05. The van der Waals surface area contributed by atoms with E-state index in [4.69, 9.17) is 12.2 Å². The van der Waals surface area contributed by atoms with Crippen molar-refractivity contribution < 1.29 is 9.18 Å². The second-order valence-corrected chi connectivity index (χ2v) is 5.47. The first-order valence-corrected chi connectivity index (χ1v) is 7.50. The van der Waals surface area contributed by atoms with Gasteiger partial charge in [0.05, 0.1) is 0 Å². The zero-order chi connectivity index (χ0) is 16.8. The number of nitrogens with one attached hydrogen (secondary N) is 2. The van der Waals surface area contributed by atoms with Gasteiger partial charge in [0.2, 0.25) is 5.91 Å². The topological polar surface area (TPSA) is 44.4 Å². The molecule has 0 saturated carbocycles. The lowest BCUT2D eigenvalue weighted by atomic mass is 10.2. The van der Waals surface area contributed by atoms with Gasteiger partial charge in [0.25, 0.3) is 0 Å². The Hall–Kier alpha value is -2.47. The standard InChI is InChI=1S/C17H18FN3OS/c1-12(22)21(2)16-9-7-15(8-10-16)20-17(23)19-11-13-3-5-14(18)6-4-13/h3-10H,11H2,1-2H3,(H2,19,20,23). The molecule has 1 amide bonds. The van der Waals surface area contributed by atoms with Crippen LogP contribution in [-0.4, -0.2) is 18.1 Å². The summed E-state index contributed by atoms with van der Waals surface area (Å²) < 4.78 is 12.8. The maximum atomic E-state index is 12.8. The molecule has 4 nitrogen and oxygen atoms in total. The van der Waals surface area contributed by atoms with Gasteiger partial charge in [-0.2, -0.15) is 0 Å². The first kappa shape index (κ1) is 16.9. The molecule has 0 aliphatic rings. The molecule has 0 fully saturated rings. The van der Waals surface area contributed by atoms with E-state index in [1.165, 1.54) is 19.1 Å². The maximum absolute atomic E-state index is 12.8. The number of hydrogen-bond acceptors (Lipinski definition) is 2. The van der Waals surface area contributed by atoms with E-state index >= 15 is 0 Å². The van der Waals surface area contributed by atoms with Crippen molar-refractivity contribution in [3.05, 3.63) is 59.9 Å². The zero-order valence-electron chi connectivity index (χ0n) is 13.0. The quantitative estimate of drug-likeness (QED) is 0.844. The van der Waals surface area contributed by atoms with Crippen molar-refractivity contribution in [3.63, 3.8) is 0 Å². The molecule has 2 rings (SSSR count). The summed E-state index contributed by atoms with van der Waals surface area (Å²) in [6.45, 7) is 2.03. The molecular formula is C17H18FN3OS. The van der Waals surface area contributed by atoms with Crippen LogP contribution in [0.3, 0.4) is 0 Å². The summed E-state index contributed by atoms with van der Waals surface area (Å²) in [5, 5.41) is 6.59. The van der Waals surface area contributed by atoms with Gasteiger partial charge in [0.1, 0.15) is 5.82 Å². The normalized spacial score (nSPS) is 10.0. The Kier molecular flexibility index (Phi) is 5.65. The van der Waals surface area contributed by atoms with Crippen molar-refractivity contribution >= 4 is 34.6 Å². The third-order valence-electron chi connectivity index (χ3n) is 3.35. The molecule has 0 aromatic heterocycles. The van der Waals surface area contributed by atoms with Crippen molar-refractivity contribution in [1.82, 2.24) is 5.32 Å². The van der Waals surface area contributed by atoms with Gasteiger partial charge in [-0.15, -0.1) is 0 Å². The molecule has 0 spiro atoms. The Morgan fingerprint density at radius 3 is 2.30 bits per heavy atom. The number of thiocarbonyl (C=S) groups is 1. The molecule has 2 N–H and O–H groups in total. The molecule has 6 heteroatoms. The third kappa shape index (κ3) is 5.03. The molecule has 0 aliphatic carbocycles. The number of nitrogens with zero attached hydrogens (tertiary/aromatic N) is 1. The van der Waals surface area contributed by atoms with E-state index in [2.05, 4.69) is 10.6 Å². The molecular weight excluding hydrogens is 313 g/mol. The van der Waals surface area contributed by atoms with Gasteiger partial charge < -0.3 is 15.5 Å². The minimum atomic E-state index is -0.259. The van der Waals surface area contributed by atoms with E-state index < -0.39 is 0 Å². The lowest BCUT2D eigenvalue weighted by Crippen LogP contribution is -2.28. The van der Waals surface area contributed by atoms with Crippen LogP contribution in [0.5, 0.6) is 0 Å². The predicted molar refractivity (Wildman–Crippen MR) is 95.0 cm³/mol. The predicted octanol–water partition coefficient (Wildman–Crippen LogP) is 3.30. The van der Waals surface area contributed by atoms with Gasteiger partial charge in [-0.3, -0.25) is 4.79 Å². The first-order valence-electron chi connectivity index (χ1n) is 7.09. The molecule has 0 radical (unpaired) electrons. The van der Waals surface area contributed by atoms with E-state index in [1.54, 1.807) is 24.1 Å². The Bertz CT molecular complexity index is 686. The van der Waals surface area contributed by atoms with E-state index in [0.717, 1.165) is 16.9 Å². The second-order valence-electron chi connectivity index (χ2n) is 5.06. The van der Waals surface area contributed by atoms with Gasteiger partial charge in [0, 0.05) is 31.9 Å². The number of carbonyl (C=O) groups is 1. The summed E-state index contributed by atoms with van der Waals surface area (Å²) in [6.07, 6.45) is 0. The lowest BCUT2D eigenvalue weighted by Gasteiger charge is -2.16. The molecule has 0 aliphatic heterocycles. The SMILES string of the molecule is CC(=O)N(C)c1ccc(NC(=S)NCc2ccc(F)cc2)cc1. The molecule has 0 unspecified atom stereocenters. The molecule has 0 saturated heterocycles. The number of anilines is 2. The summed E-state index contributed by atoms with van der Waals surface area (Å²) in [5.74, 6) is -0.285. The molecule has 2 aromatic carbocycles. The highest BCUT2D eigenvalue weighted by Crippen LogP contribution is 2.16. The van der Waals surface area contributed by atoms with Gasteiger partial charge in [0.15, 0.2) is 5.11 Å². The van der Waals surface area contributed by atoms with Crippen molar-refractivity contribution in [2.75, 3.05) is 17.3 Å². The summed E-state index contributed by atoms with van der Waals surface area (Å²) in [5.41, 5.74) is 2.57. The molecule has 0 bridgehead atoms. The van der Waals surface area contributed by atoms with E-state index in [9.17, 15) is 9.18 Å². The van der Waals surface area contributed by atoms with Gasteiger partial charge in [-0.05, 0) is 54.2 Å². The summed E-state index contributed by atoms with van der Waals surface area (Å²) in [7, 11) is 1.72. The van der Waals surface area contributed by atoms with Gasteiger partial charge in [-0.25, -0.2) is 4.39 Å². The number of rotatable bonds is 4. The highest BCUT2D eigenvalue weighted by molar-refractivity contribution is 7.80. The van der Waals surface area contributed by atoms with Crippen molar-refractivity contribution in [2.45, 2.75) is 13.5 Å². The van der Waals surface area contributed by atoms with E-state index in [0.29, 0.717) is 11.7 Å². The third-order valence-corrected chi connectivity index (χ3v) is 3.60. The molecule has 2 aromatic rings. The van der Waals surface area contributed by atoms with E-state index in [1.807, 2.05) is 24.3 Å². The Balaban J connectivity index is 1.87. The number of hydrogen-bond donors (Lipinski definition) is 2. The van der Waals surface area contributed by atoms with Gasteiger partial charge >= 0.3 is 0 Å². The van der Waals surface area contributed by atoms with Crippen LogP contribution < -0.4 is 15.5 Å². The number of amides is 1. The molecule has 23 heavy (non-hydrogen) atoms. The minimum absolute atomic E-state index is 0.0257. The molecule has 120 valence electrons. The fourth-order valence-corrected chi connectivity index (χ4v) is 2.10.